The van der Waals surface area contributed by atoms with Crippen molar-refractivity contribution < 1.29 is 58.9 Å². The third-order valence-corrected chi connectivity index (χ3v) is 10.7. The van der Waals surface area contributed by atoms with Crippen LogP contribution in [-0.4, -0.2) is 9.52 Å². The zero-order chi connectivity index (χ0) is 21.4. The van der Waals surface area contributed by atoms with Crippen LogP contribution in [0.25, 0.3) is 0 Å². The molecule has 1 saturated carbocycles. The van der Waals surface area contributed by atoms with Crippen LogP contribution in [0.2, 0.25) is 5.04 Å². The molecule has 34 heavy (non-hydrogen) atoms. The summed E-state index contributed by atoms with van der Waals surface area (Å²) in [5.74, 6) is 0.827. The number of halogens is 3. The van der Waals surface area contributed by atoms with Crippen molar-refractivity contribution in [3.63, 3.8) is 0 Å². The second-order valence-electron chi connectivity index (χ2n) is 10.5. The molecule has 0 amide bonds. The predicted molar refractivity (Wildman–Crippen MR) is 134 cm³/mol. The van der Waals surface area contributed by atoms with E-state index in [4.69, 9.17) is 0 Å². The van der Waals surface area contributed by atoms with Gasteiger partial charge < -0.3 is 37.2 Å². The van der Waals surface area contributed by atoms with Crippen molar-refractivity contribution in [2.75, 3.05) is 0 Å². The van der Waals surface area contributed by atoms with Crippen LogP contribution < -0.4 is 42.4 Å². The molecule has 1 aromatic carbocycles. The summed E-state index contributed by atoms with van der Waals surface area (Å²) >= 11 is 0. The molecule has 0 nitrogen and oxygen atoms in total. The van der Waals surface area contributed by atoms with Gasteiger partial charge in [0.1, 0.15) is 0 Å². The SMILES string of the molecule is CC1=[C-]C(CC2(C3CCCCC3)C=CC=CC2)([SiH2]c2cc(C)cc(C)c2)C(C)=C1C.[Cl-].[Cl-].[Cl-].[Ti+4]. The van der Waals surface area contributed by atoms with E-state index in [2.05, 4.69) is 83.2 Å². The van der Waals surface area contributed by atoms with E-state index in [9.17, 15) is 0 Å². The fraction of sp³-hybridized carbons (Fsp3) is 0.517. The molecule has 2 atom stereocenters. The molecule has 0 bridgehead atoms. The van der Waals surface area contributed by atoms with Gasteiger partial charge in [-0.1, -0.05) is 103 Å². The van der Waals surface area contributed by atoms with Crippen LogP contribution in [0.3, 0.4) is 0 Å². The van der Waals surface area contributed by atoms with Gasteiger partial charge in [0, 0.05) is 9.52 Å². The van der Waals surface area contributed by atoms with Crippen molar-refractivity contribution in [3.05, 3.63) is 76.4 Å². The molecule has 2 unspecified atom stereocenters. The van der Waals surface area contributed by atoms with E-state index < -0.39 is 9.52 Å². The summed E-state index contributed by atoms with van der Waals surface area (Å²) in [6, 6.07) is 7.24. The molecule has 1 fully saturated rings. The van der Waals surface area contributed by atoms with Crippen molar-refractivity contribution >= 4 is 14.7 Å². The Labute approximate surface area is 244 Å². The predicted octanol–water partition coefficient (Wildman–Crippen LogP) is -2.16. The van der Waals surface area contributed by atoms with Crippen molar-refractivity contribution in [3.8, 4) is 0 Å². The van der Waals surface area contributed by atoms with Crippen molar-refractivity contribution in [1.29, 1.82) is 0 Å². The molecule has 3 aliphatic rings. The Morgan fingerprint density at radius 1 is 0.882 bits per heavy atom. The average molecular weight is 570 g/mol. The number of hydrogen-bond donors (Lipinski definition) is 0. The van der Waals surface area contributed by atoms with Gasteiger partial charge in [-0.05, 0) is 44.4 Å². The van der Waals surface area contributed by atoms with E-state index in [1.165, 1.54) is 67.2 Å². The third-order valence-electron chi connectivity index (χ3n) is 8.28. The molecular formula is C29H39Cl3SiTi. The number of hydrogen-bond acceptors (Lipinski definition) is 0. The second-order valence-corrected chi connectivity index (χ2v) is 12.9. The number of aryl methyl sites for hydroxylation is 2. The first-order valence-corrected chi connectivity index (χ1v) is 13.5. The third kappa shape index (κ3) is 7.05. The smallest absolute Gasteiger partial charge is 1.00 e. The molecule has 0 aromatic heterocycles. The van der Waals surface area contributed by atoms with Gasteiger partial charge >= 0.3 is 21.7 Å². The normalized spacial score (nSPS) is 26.4. The largest absolute Gasteiger partial charge is 4.00 e. The summed E-state index contributed by atoms with van der Waals surface area (Å²) in [6.07, 6.45) is 23.3. The van der Waals surface area contributed by atoms with Crippen LogP contribution in [0.4, 0.5) is 0 Å². The molecule has 5 heteroatoms. The molecular weight excluding hydrogens is 531 g/mol. The summed E-state index contributed by atoms with van der Waals surface area (Å²) < 4.78 is 0. The van der Waals surface area contributed by atoms with Crippen LogP contribution in [0.5, 0.6) is 0 Å². The first-order valence-electron chi connectivity index (χ1n) is 12.1. The van der Waals surface area contributed by atoms with Crippen LogP contribution in [-0.2, 0) is 21.7 Å². The minimum absolute atomic E-state index is 0. The van der Waals surface area contributed by atoms with Crippen molar-refractivity contribution in [2.24, 2.45) is 11.3 Å². The van der Waals surface area contributed by atoms with Gasteiger partial charge in [0.25, 0.3) is 0 Å². The molecule has 0 aliphatic heterocycles. The van der Waals surface area contributed by atoms with E-state index >= 15 is 0 Å². The summed E-state index contributed by atoms with van der Waals surface area (Å²) in [7, 11) is -0.561. The summed E-state index contributed by atoms with van der Waals surface area (Å²) in [6.45, 7) is 11.6. The Morgan fingerprint density at radius 2 is 1.50 bits per heavy atom. The van der Waals surface area contributed by atoms with Crippen molar-refractivity contribution in [2.45, 2.75) is 84.6 Å². The van der Waals surface area contributed by atoms with Gasteiger partial charge in [-0.3, -0.25) is 6.08 Å². The Morgan fingerprint density at radius 3 is 2.00 bits per heavy atom. The molecule has 0 spiro atoms. The topological polar surface area (TPSA) is 0 Å². The standard InChI is InChI=1S/C29H39Si.3ClH.Ti/c1-21-16-22(2)18-27(17-21)30-29(19-23(3)24(4)25(29)5)20-28(14-10-7-11-15-28)26-12-8-6-9-13-26;;;;/h7,10-11,14,16-18,26H,6,8-9,12-13,15,20,30H2,1-5H3;3*1H;/q-1;;;;+4/p-3. The minimum Gasteiger partial charge on any atom is -1.00 e. The Balaban J connectivity index is 0.00000272. The van der Waals surface area contributed by atoms with Crippen LogP contribution in [0.15, 0.2) is 59.2 Å². The van der Waals surface area contributed by atoms with Gasteiger partial charge in [-0.25, -0.2) is 5.57 Å². The van der Waals surface area contributed by atoms with E-state index in [1.54, 1.807) is 10.8 Å². The van der Waals surface area contributed by atoms with Crippen molar-refractivity contribution in [1.82, 2.24) is 0 Å². The van der Waals surface area contributed by atoms with Crippen LogP contribution >= 0.6 is 0 Å². The molecule has 0 heterocycles. The zero-order valence-corrected chi connectivity index (χ0v) is 26.7. The number of rotatable bonds is 5. The fourth-order valence-corrected chi connectivity index (χ4v) is 9.64. The number of benzene rings is 1. The summed E-state index contributed by atoms with van der Waals surface area (Å²) in [5.41, 5.74) is 7.64. The monoisotopic (exact) mass is 568 g/mol. The Hall–Kier alpha value is -0.0188. The first-order chi connectivity index (χ1) is 14.3. The second kappa shape index (κ2) is 14.1. The van der Waals surface area contributed by atoms with E-state index in [1.807, 2.05) is 0 Å². The van der Waals surface area contributed by atoms with Gasteiger partial charge in [-0.2, -0.15) is 11.1 Å². The van der Waals surface area contributed by atoms with E-state index in [0.717, 1.165) is 5.92 Å². The molecule has 3 aliphatic carbocycles. The summed E-state index contributed by atoms with van der Waals surface area (Å²) in [5, 5.41) is 1.76. The molecule has 0 N–H and O–H groups in total. The van der Waals surface area contributed by atoms with Crippen LogP contribution in [0.1, 0.15) is 76.8 Å². The maximum atomic E-state index is 4.11. The Kier molecular flexibility index (Phi) is 14.1. The van der Waals surface area contributed by atoms with Gasteiger partial charge in [0.05, 0.1) is 0 Å². The zero-order valence-electron chi connectivity index (χ0n) is 21.4. The maximum Gasteiger partial charge on any atom is 4.00 e. The summed E-state index contributed by atoms with van der Waals surface area (Å²) in [4.78, 5) is 0. The molecule has 184 valence electrons. The quantitative estimate of drug-likeness (QED) is 0.280. The van der Waals surface area contributed by atoms with E-state index in [-0.39, 0.29) is 64.0 Å². The molecule has 4 rings (SSSR count). The number of allylic oxidation sites excluding steroid dienone is 8. The minimum atomic E-state index is -0.561. The first kappa shape index (κ1) is 34.0. The average Bonchev–Trinajstić information content (AvgIpc) is 2.92. The molecule has 0 saturated heterocycles. The Bertz CT molecular complexity index is 922. The maximum absolute atomic E-state index is 4.11. The fourth-order valence-electron chi connectivity index (χ4n) is 6.62. The van der Waals surface area contributed by atoms with Gasteiger partial charge in [0.2, 0.25) is 0 Å². The van der Waals surface area contributed by atoms with Gasteiger partial charge in [0.15, 0.2) is 0 Å². The van der Waals surface area contributed by atoms with E-state index in [0.29, 0.717) is 5.41 Å². The molecule has 1 aromatic rings. The van der Waals surface area contributed by atoms with Gasteiger partial charge in [-0.15, -0.1) is 6.92 Å². The van der Waals surface area contributed by atoms with Crippen LogP contribution in [0, 0.1) is 31.3 Å². The molecule has 0 radical (unpaired) electrons.